The SMILES string of the molecule is CCCCCCCCC=CCCCCCCCC(=O)OCC(COC(=O)CCCCCCCC=CCCCCCCCC)OC(=O)CCCCCCCC=CCCCCCCCC.CCCCCCCCCCCCCCCC(=O)OCC(COC(=O)CCCCCCCCCCCCCCC)OC(=O)CCCCCCCCCCCCCCC. The van der Waals surface area contributed by atoms with E-state index in [4.69, 9.17) is 28.4 Å². The van der Waals surface area contributed by atoms with Crippen molar-refractivity contribution in [2.45, 2.75) is 593 Å². The van der Waals surface area contributed by atoms with Crippen molar-refractivity contribution >= 4 is 35.8 Å². The Morgan fingerprint density at radius 2 is 0.275 bits per heavy atom. The predicted molar refractivity (Wildman–Crippen MR) is 513 cm³/mol. The summed E-state index contributed by atoms with van der Waals surface area (Å²) in [4.78, 5) is 75.9. The summed E-state index contributed by atoms with van der Waals surface area (Å²) >= 11 is 0. The molecule has 0 fully saturated rings. The number of hydrogen-bond donors (Lipinski definition) is 0. The Labute approximate surface area is 744 Å². The molecule has 0 aliphatic rings. The van der Waals surface area contributed by atoms with Gasteiger partial charge in [-0.3, -0.25) is 28.8 Å². The van der Waals surface area contributed by atoms with Gasteiger partial charge in [-0.2, -0.15) is 0 Å². The van der Waals surface area contributed by atoms with Gasteiger partial charge in [-0.05, 0) is 116 Å². The van der Waals surface area contributed by atoms with Gasteiger partial charge in [-0.1, -0.05) is 463 Å². The zero-order valence-electron chi connectivity index (χ0n) is 80.7. The molecule has 0 saturated heterocycles. The minimum atomic E-state index is -0.781. The van der Waals surface area contributed by atoms with Crippen molar-refractivity contribution in [1.29, 1.82) is 0 Å². The van der Waals surface area contributed by atoms with E-state index in [1.807, 2.05) is 0 Å². The molecule has 0 aromatic rings. The van der Waals surface area contributed by atoms with Crippen LogP contribution in [0.4, 0.5) is 0 Å². The fourth-order valence-electron chi connectivity index (χ4n) is 15.6. The van der Waals surface area contributed by atoms with Crippen molar-refractivity contribution in [2.75, 3.05) is 26.4 Å². The van der Waals surface area contributed by atoms with Crippen LogP contribution in [0.5, 0.6) is 0 Å². The summed E-state index contributed by atoms with van der Waals surface area (Å²) in [7, 11) is 0. The van der Waals surface area contributed by atoms with Crippen molar-refractivity contribution in [1.82, 2.24) is 0 Å². The zero-order valence-corrected chi connectivity index (χ0v) is 80.7. The largest absolute Gasteiger partial charge is 0.462 e. The molecule has 0 radical (unpaired) electrons. The minimum absolute atomic E-state index is 0.0619. The third kappa shape index (κ3) is 101. The lowest BCUT2D eigenvalue weighted by Gasteiger charge is -2.18. The summed E-state index contributed by atoms with van der Waals surface area (Å²) in [5.41, 5.74) is 0. The predicted octanol–water partition coefficient (Wildman–Crippen LogP) is 34.5. The van der Waals surface area contributed by atoms with E-state index in [0.717, 1.165) is 135 Å². The quantitative estimate of drug-likeness (QED) is 0.0246. The average molecular weight is 1690 g/mol. The summed E-state index contributed by atoms with van der Waals surface area (Å²) in [6.07, 6.45) is 111. The number of allylic oxidation sites excluding steroid dienone is 6. The van der Waals surface area contributed by atoms with Crippen LogP contribution in [-0.4, -0.2) is 74.5 Å². The van der Waals surface area contributed by atoms with Gasteiger partial charge < -0.3 is 28.4 Å². The Morgan fingerprint density at radius 1 is 0.158 bits per heavy atom. The first-order chi connectivity index (χ1) is 59.1. The van der Waals surface area contributed by atoms with E-state index in [2.05, 4.69) is 78.0 Å². The molecule has 0 bridgehead atoms. The maximum atomic E-state index is 12.8. The Morgan fingerprint density at radius 3 is 0.417 bits per heavy atom. The van der Waals surface area contributed by atoms with Gasteiger partial charge in [0, 0.05) is 38.5 Å². The van der Waals surface area contributed by atoms with Gasteiger partial charge in [-0.15, -0.1) is 0 Å². The smallest absolute Gasteiger partial charge is 0.306 e. The first kappa shape index (κ1) is 118. The molecule has 0 heterocycles. The number of carbonyl (C=O) groups excluding carboxylic acids is 6. The van der Waals surface area contributed by atoms with E-state index in [1.165, 1.54) is 366 Å². The molecule has 0 saturated carbocycles. The molecule has 706 valence electrons. The van der Waals surface area contributed by atoms with Crippen LogP contribution in [0.2, 0.25) is 0 Å². The standard InChI is InChI=1S/C57H104O6.C51H98O6/c1-4-7-10-13-16-19-22-25-28-31-34-37-40-43-46-49-55(58)61-52-54(63-57(60)51-48-45-42-39-36-33-30-27-24-21-18-15-12-9-6-3)53-62-56(59)50-47-44-41-38-35-32-29-26-23-20-17-14-11-8-5-2;1-4-7-10-13-16-19-22-25-28-31-34-37-40-43-49(52)55-46-48(57-51(54)45-42-39-36-33-30-27-24-21-18-15-12-9-6-3)47-56-50(53)44-41-38-35-32-29-26-23-20-17-14-11-8-5-2/h25-30,54H,4-24,31-53H2,1-3H3;48H,4-47H2,1-3H3. The maximum Gasteiger partial charge on any atom is 0.306 e. The monoisotopic (exact) mass is 1690 g/mol. The van der Waals surface area contributed by atoms with Crippen LogP contribution in [0, 0.1) is 0 Å². The average Bonchev–Trinajstić information content (AvgIpc) is 0.946. The fraction of sp³-hybridized carbons (Fsp3) is 0.889. The number of rotatable bonds is 97. The normalized spacial score (nSPS) is 11.8. The van der Waals surface area contributed by atoms with Crippen molar-refractivity contribution in [3.63, 3.8) is 0 Å². The van der Waals surface area contributed by atoms with Crippen LogP contribution in [0.15, 0.2) is 36.5 Å². The van der Waals surface area contributed by atoms with E-state index >= 15 is 0 Å². The Hall–Kier alpha value is -3.96. The van der Waals surface area contributed by atoms with Crippen molar-refractivity contribution < 1.29 is 57.2 Å². The van der Waals surface area contributed by atoms with Crippen LogP contribution in [-0.2, 0) is 57.2 Å². The molecule has 0 atom stereocenters. The second-order valence-electron chi connectivity index (χ2n) is 35.9. The van der Waals surface area contributed by atoms with Gasteiger partial charge in [-0.25, -0.2) is 0 Å². The molecular formula is C108H202O12. The molecule has 0 aliphatic carbocycles. The summed E-state index contributed by atoms with van der Waals surface area (Å²) in [5.74, 6) is -1.73. The van der Waals surface area contributed by atoms with Crippen LogP contribution >= 0.6 is 0 Å². The molecule has 0 N–H and O–H groups in total. The molecule has 12 nitrogen and oxygen atoms in total. The fourth-order valence-corrected chi connectivity index (χ4v) is 15.6. The lowest BCUT2D eigenvalue weighted by atomic mass is 10.0. The highest BCUT2D eigenvalue weighted by Gasteiger charge is 2.22. The van der Waals surface area contributed by atoms with Gasteiger partial charge in [0.25, 0.3) is 0 Å². The van der Waals surface area contributed by atoms with Gasteiger partial charge in [0.15, 0.2) is 12.2 Å². The zero-order chi connectivity index (χ0) is 87.3. The van der Waals surface area contributed by atoms with Crippen molar-refractivity contribution in [3.8, 4) is 0 Å². The molecule has 120 heavy (non-hydrogen) atoms. The summed E-state index contributed by atoms with van der Waals surface area (Å²) < 4.78 is 33.6. The molecule has 12 heteroatoms. The third-order valence-corrected chi connectivity index (χ3v) is 23.7. The van der Waals surface area contributed by atoms with Crippen LogP contribution in [0.1, 0.15) is 581 Å². The molecule has 0 aromatic carbocycles. The first-order valence-electron chi connectivity index (χ1n) is 53.0. The van der Waals surface area contributed by atoms with Crippen molar-refractivity contribution in [2.24, 2.45) is 0 Å². The maximum absolute atomic E-state index is 12.8. The molecule has 0 aromatic heterocycles. The lowest BCUT2D eigenvalue weighted by Crippen LogP contribution is -2.30. The van der Waals surface area contributed by atoms with Gasteiger partial charge in [0.2, 0.25) is 0 Å². The van der Waals surface area contributed by atoms with E-state index in [9.17, 15) is 28.8 Å². The van der Waals surface area contributed by atoms with Crippen LogP contribution < -0.4 is 0 Å². The molecule has 0 aliphatic heterocycles. The van der Waals surface area contributed by atoms with E-state index < -0.39 is 12.2 Å². The Bertz CT molecular complexity index is 2100. The number of carbonyl (C=O) groups is 6. The van der Waals surface area contributed by atoms with Crippen LogP contribution in [0.25, 0.3) is 0 Å². The summed E-state index contributed by atoms with van der Waals surface area (Å²) in [5, 5.41) is 0. The minimum Gasteiger partial charge on any atom is -0.462 e. The van der Waals surface area contributed by atoms with E-state index in [0.29, 0.717) is 38.5 Å². The lowest BCUT2D eigenvalue weighted by molar-refractivity contribution is -0.167. The third-order valence-electron chi connectivity index (χ3n) is 23.7. The Kier molecular flexibility index (Phi) is 102. The highest BCUT2D eigenvalue weighted by Crippen LogP contribution is 2.21. The second-order valence-corrected chi connectivity index (χ2v) is 35.9. The highest BCUT2D eigenvalue weighted by atomic mass is 16.6. The summed E-state index contributed by atoms with van der Waals surface area (Å²) in [6, 6.07) is 0. The number of hydrogen-bond acceptors (Lipinski definition) is 12. The second kappa shape index (κ2) is 104. The van der Waals surface area contributed by atoms with Gasteiger partial charge in [0.05, 0.1) is 0 Å². The van der Waals surface area contributed by atoms with Crippen LogP contribution in [0.3, 0.4) is 0 Å². The van der Waals surface area contributed by atoms with Gasteiger partial charge in [0.1, 0.15) is 26.4 Å². The van der Waals surface area contributed by atoms with E-state index in [1.54, 1.807) is 0 Å². The van der Waals surface area contributed by atoms with Crippen molar-refractivity contribution in [3.05, 3.63) is 36.5 Å². The number of ether oxygens (including phenoxy) is 6. The number of esters is 6. The highest BCUT2D eigenvalue weighted by molar-refractivity contribution is 5.72. The molecule has 0 unspecified atom stereocenters. The Balaban J connectivity index is 0. The number of unbranched alkanes of at least 4 members (excludes halogenated alkanes) is 69. The van der Waals surface area contributed by atoms with E-state index in [-0.39, 0.29) is 62.2 Å². The topological polar surface area (TPSA) is 158 Å². The molecular weight excluding hydrogens is 1490 g/mol. The first-order valence-corrected chi connectivity index (χ1v) is 53.0. The molecule has 0 spiro atoms. The molecule has 0 rings (SSSR count). The van der Waals surface area contributed by atoms with Gasteiger partial charge >= 0.3 is 35.8 Å². The summed E-state index contributed by atoms with van der Waals surface area (Å²) in [6.45, 7) is 13.3. The molecule has 0 amide bonds.